The van der Waals surface area contributed by atoms with Crippen LogP contribution in [-0.4, -0.2) is 37.0 Å². The Kier molecular flexibility index (Phi) is 3.38. The summed E-state index contributed by atoms with van der Waals surface area (Å²) in [6.45, 7) is 2.01. The van der Waals surface area contributed by atoms with Crippen LogP contribution in [-0.2, 0) is 0 Å². The highest BCUT2D eigenvalue weighted by Crippen LogP contribution is 2.15. The predicted octanol–water partition coefficient (Wildman–Crippen LogP) is 1.57. The topological polar surface area (TPSA) is 32.3 Å². The molecular weight excluding hydrogens is 208 g/mol. The summed E-state index contributed by atoms with van der Waals surface area (Å²) >= 11 is 1.51. The molecule has 1 atom stereocenters. The smallest absolute Gasteiger partial charge is 0.263 e. The Morgan fingerprint density at radius 2 is 2.53 bits per heavy atom. The lowest BCUT2D eigenvalue weighted by Gasteiger charge is -2.31. The zero-order chi connectivity index (χ0) is 10.7. The average Bonchev–Trinajstić information content (AvgIpc) is 2.82. The van der Waals surface area contributed by atoms with Crippen molar-refractivity contribution in [2.45, 2.75) is 18.9 Å². The third-order valence-electron chi connectivity index (χ3n) is 2.87. The molecule has 0 saturated carbocycles. The first kappa shape index (κ1) is 10.6. The number of carbonyl (C=O) groups excluding carboxylic acids is 1. The summed E-state index contributed by atoms with van der Waals surface area (Å²) in [6, 6.07) is 4.17. The van der Waals surface area contributed by atoms with Gasteiger partial charge in [-0.3, -0.25) is 4.79 Å². The Morgan fingerprint density at radius 3 is 3.13 bits per heavy atom. The van der Waals surface area contributed by atoms with Gasteiger partial charge in [0.1, 0.15) is 0 Å². The minimum atomic E-state index is 0.152. The van der Waals surface area contributed by atoms with Crippen LogP contribution in [0.1, 0.15) is 22.5 Å². The second kappa shape index (κ2) is 4.77. The maximum absolute atomic E-state index is 12.0. The number of piperidine rings is 1. The molecule has 2 heterocycles. The Hall–Kier alpha value is -0.870. The Morgan fingerprint density at radius 1 is 1.67 bits per heavy atom. The van der Waals surface area contributed by atoms with Crippen molar-refractivity contribution in [3.8, 4) is 0 Å². The van der Waals surface area contributed by atoms with Crippen LogP contribution < -0.4 is 5.32 Å². The third-order valence-corrected chi connectivity index (χ3v) is 3.73. The van der Waals surface area contributed by atoms with Crippen molar-refractivity contribution in [2.24, 2.45) is 0 Å². The molecule has 1 aromatic rings. The molecule has 1 saturated heterocycles. The van der Waals surface area contributed by atoms with Gasteiger partial charge in [0.2, 0.25) is 0 Å². The molecule has 1 aromatic heterocycles. The van der Waals surface area contributed by atoms with Crippen molar-refractivity contribution in [3.63, 3.8) is 0 Å². The zero-order valence-corrected chi connectivity index (χ0v) is 9.72. The van der Waals surface area contributed by atoms with Crippen molar-refractivity contribution in [1.29, 1.82) is 0 Å². The number of nitrogens with one attached hydrogen (secondary N) is 1. The molecule has 3 nitrogen and oxygen atoms in total. The molecule has 1 N–H and O–H groups in total. The van der Waals surface area contributed by atoms with E-state index in [2.05, 4.69) is 5.32 Å². The van der Waals surface area contributed by atoms with Crippen molar-refractivity contribution >= 4 is 17.2 Å². The van der Waals surface area contributed by atoms with Crippen molar-refractivity contribution in [2.75, 3.05) is 20.1 Å². The highest BCUT2D eigenvalue weighted by atomic mass is 32.1. The van der Waals surface area contributed by atoms with E-state index >= 15 is 0 Å². The SMILES string of the molecule is CN(C(=O)c1cccs1)[C@@H]1CCCNC1. The molecule has 0 bridgehead atoms. The van der Waals surface area contributed by atoms with E-state index in [4.69, 9.17) is 0 Å². The van der Waals surface area contributed by atoms with Crippen LogP contribution >= 0.6 is 11.3 Å². The molecule has 0 aliphatic carbocycles. The summed E-state index contributed by atoms with van der Waals surface area (Å²) in [7, 11) is 1.90. The first-order valence-electron chi connectivity index (χ1n) is 5.30. The number of nitrogens with zero attached hydrogens (tertiary/aromatic N) is 1. The molecule has 0 radical (unpaired) electrons. The summed E-state index contributed by atoms with van der Waals surface area (Å²) < 4.78 is 0. The minimum Gasteiger partial charge on any atom is -0.337 e. The largest absolute Gasteiger partial charge is 0.337 e. The molecule has 82 valence electrons. The van der Waals surface area contributed by atoms with Gasteiger partial charge < -0.3 is 10.2 Å². The van der Waals surface area contributed by atoms with Crippen LogP contribution in [0, 0.1) is 0 Å². The number of hydrogen-bond acceptors (Lipinski definition) is 3. The average molecular weight is 224 g/mol. The van der Waals surface area contributed by atoms with E-state index in [9.17, 15) is 4.79 Å². The lowest BCUT2D eigenvalue weighted by atomic mass is 10.1. The number of likely N-dealkylation sites (N-methyl/N-ethyl adjacent to an activating group) is 1. The monoisotopic (exact) mass is 224 g/mol. The van der Waals surface area contributed by atoms with Gasteiger partial charge in [0.15, 0.2) is 0 Å². The van der Waals surface area contributed by atoms with Crippen LogP contribution in [0.3, 0.4) is 0 Å². The van der Waals surface area contributed by atoms with E-state index in [0.717, 1.165) is 30.8 Å². The second-order valence-electron chi connectivity index (χ2n) is 3.89. The van der Waals surface area contributed by atoms with E-state index in [1.165, 1.54) is 11.3 Å². The molecule has 4 heteroatoms. The van der Waals surface area contributed by atoms with Gasteiger partial charge in [-0.2, -0.15) is 0 Å². The van der Waals surface area contributed by atoms with Gasteiger partial charge in [0.25, 0.3) is 5.91 Å². The van der Waals surface area contributed by atoms with E-state index < -0.39 is 0 Å². The molecule has 2 rings (SSSR count). The van der Waals surface area contributed by atoms with Crippen molar-refractivity contribution < 1.29 is 4.79 Å². The van der Waals surface area contributed by atoms with E-state index in [1.807, 2.05) is 29.5 Å². The predicted molar refractivity (Wildman–Crippen MR) is 62.3 cm³/mol. The molecule has 1 aliphatic rings. The lowest BCUT2D eigenvalue weighted by molar-refractivity contribution is 0.0713. The van der Waals surface area contributed by atoms with Crippen LogP contribution in [0.25, 0.3) is 0 Å². The van der Waals surface area contributed by atoms with Crippen LogP contribution in [0.2, 0.25) is 0 Å². The van der Waals surface area contributed by atoms with Crippen molar-refractivity contribution in [1.82, 2.24) is 10.2 Å². The fourth-order valence-electron chi connectivity index (χ4n) is 1.90. The Bertz CT molecular complexity index is 317. The molecule has 15 heavy (non-hydrogen) atoms. The summed E-state index contributed by atoms with van der Waals surface area (Å²) in [5, 5.41) is 5.27. The fraction of sp³-hybridized carbons (Fsp3) is 0.545. The van der Waals surface area contributed by atoms with Gasteiger partial charge in [-0.1, -0.05) is 6.07 Å². The highest BCUT2D eigenvalue weighted by Gasteiger charge is 2.22. The molecule has 0 unspecified atom stereocenters. The van der Waals surface area contributed by atoms with E-state index in [1.54, 1.807) is 0 Å². The summed E-state index contributed by atoms with van der Waals surface area (Å²) in [4.78, 5) is 14.7. The van der Waals surface area contributed by atoms with Crippen LogP contribution in [0.15, 0.2) is 17.5 Å². The Labute approximate surface area is 94.1 Å². The summed E-state index contributed by atoms with van der Waals surface area (Å²) in [5.74, 6) is 0.152. The molecule has 1 aliphatic heterocycles. The summed E-state index contributed by atoms with van der Waals surface area (Å²) in [6.07, 6.45) is 2.27. The van der Waals surface area contributed by atoms with E-state index in [0.29, 0.717) is 6.04 Å². The maximum atomic E-state index is 12.0. The van der Waals surface area contributed by atoms with Crippen molar-refractivity contribution in [3.05, 3.63) is 22.4 Å². The zero-order valence-electron chi connectivity index (χ0n) is 8.90. The molecule has 0 aromatic carbocycles. The standard InChI is InChI=1S/C11H16N2OS/c1-13(9-4-2-6-12-8-9)11(14)10-5-3-7-15-10/h3,5,7,9,12H,2,4,6,8H2,1H3/t9-/m1/s1. The van der Waals surface area contributed by atoms with Gasteiger partial charge in [-0.05, 0) is 30.8 Å². The van der Waals surface area contributed by atoms with Gasteiger partial charge >= 0.3 is 0 Å². The van der Waals surface area contributed by atoms with Crippen LogP contribution in [0.4, 0.5) is 0 Å². The first-order chi connectivity index (χ1) is 7.29. The van der Waals surface area contributed by atoms with Gasteiger partial charge in [0, 0.05) is 19.6 Å². The summed E-state index contributed by atoms with van der Waals surface area (Å²) in [5.41, 5.74) is 0. The van der Waals surface area contributed by atoms with Gasteiger partial charge in [-0.15, -0.1) is 11.3 Å². The van der Waals surface area contributed by atoms with Gasteiger partial charge in [-0.25, -0.2) is 0 Å². The second-order valence-corrected chi connectivity index (χ2v) is 4.84. The van der Waals surface area contributed by atoms with Crippen LogP contribution in [0.5, 0.6) is 0 Å². The number of amides is 1. The molecular formula is C11H16N2OS. The quantitative estimate of drug-likeness (QED) is 0.827. The minimum absolute atomic E-state index is 0.152. The Balaban J connectivity index is 2.00. The number of thiophene rings is 1. The van der Waals surface area contributed by atoms with Gasteiger partial charge in [0.05, 0.1) is 4.88 Å². The number of rotatable bonds is 2. The molecule has 1 amide bonds. The molecule has 0 spiro atoms. The lowest BCUT2D eigenvalue weighted by Crippen LogP contribution is -2.46. The third kappa shape index (κ3) is 2.38. The normalized spacial score (nSPS) is 21.3. The number of carbonyl (C=O) groups is 1. The number of hydrogen-bond donors (Lipinski definition) is 1. The fourth-order valence-corrected chi connectivity index (χ4v) is 2.61. The molecule has 1 fully saturated rings. The van der Waals surface area contributed by atoms with E-state index in [-0.39, 0.29) is 5.91 Å². The highest BCUT2D eigenvalue weighted by molar-refractivity contribution is 7.12. The first-order valence-corrected chi connectivity index (χ1v) is 6.18. The maximum Gasteiger partial charge on any atom is 0.263 e.